The molecule has 0 aliphatic rings. The van der Waals surface area contributed by atoms with Crippen molar-refractivity contribution >= 4 is 5.91 Å². The highest BCUT2D eigenvalue weighted by Crippen LogP contribution is 2.05. The average Bonchev–Trinajstić information content (AvgIpc) is 2.65. The molecular formula is C10H16N2O3. The number of hydrogen-bond acceptors (Lipinski definition) is 4. The summed E-state index contributed by atoms with van der Waals surface area (Å²) in [7, 11) is 0. The van der Waals surface area contributed by atoms with Crippen LogP contribution in [-0.4, -0.2) is 22.2 Å². The van der Waals surface area contributed by atoms with Crippen LogP contribution in [0.1, 0.15) is 37.0 Å². The fraction of sp³-hybridized carbons (Fsp3) is 0.600. The molecule has 1 rings (SSSR count). The predicted octanol–water partition coefficient (Wildman–Crippen LogP) is 0.941. The van der Waals surface area contributed by atoms with E-state index in [4.69, 9.17) is 9.63 Å². The zero-order valence-corrected chi connectivity index (χ0v) is 9.15. The van der Waals surface area contributed by atoms with Crippen LogP contribution in [0.5, 0.6) is 0 Å². The first kappa shape index (κ1) is 11.7. The molecule has 0 radical (unpaired) electrons. The number of nitrogens with zero attached hydrogens (tertiary/aromatic N) is 1. The minimum absolute atomic E-state index is 0.0757. The summed E-state index contributed by atoms with van der Waals surface area (Å²) >= 11 is 0. The molecule has 0 saturated heterocycles. The Hall–Kier alpha value is -1.36. The van der Waals surface area contributed by atoms with E-state index in [0.29, 0.717) is 5.92 Å². The Balaban J connectivity index is 2.61. The monoisotopic (exact) mass is 212 g/mol. The van der Waals surface area contributed by atoms with Crippen LogP contribution >= 0.6 is 0 Å². The zero-order valence-electron chi connectivity index (χ0n) is 9.15. The molecule has 5 nitrogen and oxygen atoms in total. The average molecular weight is 212 g/mol. The maximum Gasteiger partial charge on any atom is 0.273 e. The van der Waals surface area contributed by atoms with Gasteiger partial charge in [-0.3, -0.25) is 4.79 Å². The SMILES string of the molecule is CC(C)C(C)NC(=O)c1cc(CO)on1. The number of nitrogens with one attached hydrogen (secondary N) is 1. The summed E-state index contributed by atoms with van der Waals surface area (Å²) < 4.78 is 4.72. The highest BCUT2D eigenvalue weighted by Gasteiger charge is 2.15. The number of rotatable bonds is 4. The van der Waals surface area contributed by atoms with E-state index in [9.17, 15) is 4.79 Å². The zero-order chi connectivity index (χ0) is 11.4. The van der Waals surface area contributed by atoms with Crippen LogP contribution in [0.2, 0.25) is 0 Å². The quantitative estimate of drug-likeness (QED) is 0.778. The van der Waals surface area contributed by atoms with Crippen LogP contribution in [0.15, 0.2) is 10.6 Å². The number of aliphatic hydroxyl groups is 1. The molecule has 1 aromatic heterocycles. The number of carbonyl (C=O) groups excluding carboxylic acids is 1. The minimum Gasteiger partial charge on any atom is -0.388 e. The van der Waals surface area contributed by atoms with Crippen molar-refractivity contribution in [2.24, 2.45) is 5.92 Å². The lowest BCUT2D eigenvalue weighted by Crippen LogP contribution is -2.36. The lowest BCUT2D eigenvalue weighted by atomic mass is 10.1. The molecule has 0 aromatic carbocycles. The van der Waals surface area contributed by atoms with Gasteiger partial charge in [-0.2, -0.15) is 0 Å². The maximum absolute atomic E-state index is 11.6. The molecule has 84 valence electrons. The number of amides is 1. The third kappa shape index (κ3) is 3.06. The van der Waals surface area contributed by atoms with Crippen LogP contribution in [0.3, 0.4) is 0 Å². The number of carbonyl (C=O) groups is 1. The van der Waals surface area contributed by atoms with Gasteiger partial charge >= 0.3 is 0 Å². The molecule has 1 unspecified atom stereocenters. The van der Waals surface area contributed by atoms with Gasteiger partial charge in [0, 0.05) is 12.1 Å². The van der Waals surface area contributed by atoms with E-state index in [0.717, 1.165) is 0 Å². The van der Waals surface area contributed by atoms with Crippen LogP contribution in [-0.2, 0) is 6.61 Å². The Kier molecular flexibility index (Phi) is 3.85. The van der Waals surface area contributed by atoms with Crippen molar-refractivity contribution in [1.29, 1.82) is 0 Å². The molecule has 0 saturated carbocycles. The Bertz CT molecular complexity index is 333. The molecule has 1 heterocycles. The number of aromatic nitrogens is 1. The smallest absolute Gasteiger partial charge is 0.273 e. The fourth-order valence-electron chi connectivity index (χ4n) is 0.942. The summed E-state index contributed by atoms with van der Waals surface area (Å²) in [5.41, 5.74) is 0.201. The van der Waals surface area contributed by atoms with Crippen molar-refractivity contribution in [3.05, 3.63) is 17.5 Å². The second-order valence-corrected chi connectivity index (χ2v) is 3.84. The van der Waals surface area contributed by atoms with E-state index < -0.39 is 0 Å². The molecule has 0 aliphatic carbocycles. The van der Waals surface area contributed by atoms with Crippen LogP contribution < -0.4 is 5.32 Å². The molecule has 1 atom stereocenters. The van der Waals surface area contributed by atoms with Gasteiger partial charge in [-0.05, 0) is 12.8 Å². The van der Waals surface area contributed by atoms with Crippen LogP contribution in [0.4, 0.5) is 0 Å². The van der Waals surface area contributed by atoms with Gasteiger partial charge in [-0.1, -0.05) is 19.0 Å². The van der Waals surface area contributed by atoms with Crippen LogP contribution in [0.25, 0.3) is 0 Å². The standard InChI is InChI=1S/C10H16N2O3/c1-6(2)7(3)11-10(14)9-4-8(5-13)15-12-9/h4,6-7,13H,5H2,1-3H3,(H,11,14). The summed E-state index contributed by atoms with van der Waals surface area (Å²) in [5.74, 6) is 0.371. The predicted molar refractivity (Wildman–Crippen MR) is 54.2 cm³/mol. The van der Waals surface area contributed by atoms with Crippen molar-refractivity contribution in [3.63, 3.8) is 0 Å². The largest absolute Gasteiger partial charge is 0.388 e. The van der Waals surface area contributed by atoms with E-state index in [1.54, 1.807) is 0 Å². The van der Waals surface area contributed by atoms with Gasteiger partial charge in [0.25, 0.3) is 5.91 Å². The molecule has 1 aromatic rings. The summed E-state index contributed by atoms with van der Waals surface area (Å²) in [5, 5.41) is 15.1. The minimum atomic E-state index is -0.278. The highest BCUT2D eigenvalue weighted by atomic mass is 16.5. The fourth-order valence-corrected chi connectivity index (χ4v) is 0.942. The number of hydrogen-bond donors (Lipinski definition) is 2. The van der Waals surface area contributed by atoms with E-state index in [1.165, 1.54) is 6.07 Å². The Morgan fingerprint density at radius 1 is 1.60 bits per heavy atom. The molecule has 1 amide bonds. The summed E-state index contributed by atoms with van der Waals surface area (Å²) in [6.45, 7) is 5.72. The van der Waals surface area contributed by atoms with Gasteiger partial charge in [0.1, 0.15) is 6.61 Å². The second-order valence-electron chi connectivity index (χ2n) is 3.84. The van der Waals surface area contributed by atoms with E-state index in [-0.39, 0.29) is 30.0 Å². The highest BCUT2D eigenvalue weighted by molar-refractivity contribution is 5.92. The first-order valence-corrected chi connectivity index (χ1v) is 4.92. The summed E-state index contributed by atoms with van der Waals surface area (Å²) in [6.07, 6.45) is 0. The molecule has 2 N–H and O–H groups in total. The van der Waals surface area contributed by atoms with Gasteiger partial charge < -0.3 is 14.9 Å². The van der Waals surface area contributed by atoms with Crippen molar-refractivity contribution < 1.29 is 14.4 Å². The van der Waals surface area contributed by atoms with Crippen molar-refractivity contribution in [1.82, 2.24) is 10.5 Å². The third-order valence-corrected chi connectivity index (χ3v) is 2.31. The van der Waals surface area contributed by atoms with Gasteiger partial charge in [-0.15, -0.1) is 0 Å². The molecule has 0 spiro atoms. The molecule has 15 heavy (non-hydrogen) atoms. The van der Waals surface area contributed by atoms with Crippen molar-refractivity contribution in [3.8, 4) is 0 Å². The van der Waals surface area contributed by atoms with Gasteiger partial charge in [-0.25, -0.2) is 0 Å². The topological polar surface area (TPSA) is 75.4 Å². The van der Waals surface area contributed by atoms with E-state index in [1.807, 2.05) is 20.8 Å². The first-order chi connectivity index (χ1) is 7.04. The van der Waals surface area contributed by atoms with Gasteiger partial charge in [0.05, 0.1) is 0 Å². The Labute approximate surface area is 88.5 Å². The summed E-state index contributed by atoms with van der Waals surface area (Å²) in [6, 6.07) is 1.51. The molecule has 5 heteroatoms. The molecule has 0 bridgehead atoms. The van der Waals surface area contributed by atoms with Crippen molar-refractivity contribution in [2.45, 2.75) is 33.4 Å². The van der Waals surface area contributed by atoms with E-state index in [2.05, 4.69) is 10.5 Å². The second kappa shape index (κ2) is 4.93. The molecule has 0 aliphatic heterocycles. The Morgan fingerprint density at radius 2 is 2.27 bits per heavy atom. The van der Waals surface area contributed by atoms with Crippen LogP contribution in [0, 0.1) is 5.92 Å². The molecular weight excluding hydrogens is 196 g/mol. The third-order valence-electron chi connectivity index (χ3n) is 2.31. The lowest BCUT2D eigenvalue weighted by molar-refractivity contribution is 0.0921. The Morgan fingerprint density at radius 3 is 2.73 bits per heavy atom. The van der Waals surface area contributed by atoms with Crippen molar-refractivity contribution in [2.75, 3.05) is 0 Å². The van der Waals surface area contributed by atoms with E-state index >= 15 is 0 Å². The molecule has 0 fully saturated rings. The number of aliphatic hydroxyl groups excluding tert-OH is 1. The lowest BCUT2D eigenvalue weighted by Gasteiger charge is -2.16. The normalized spacial score (nSPS) is 12.9. The maximum atomic E-state index is 11.6. The summed E-state index contributed by atoms with van der Waals surface area (Å²) in [4.78, 5) is 11.6. The first-order valence-electron chi connectivity index (χ1n) is 4.92. The van der Waals surface area contributed by atoms with Gasteiger partial charge in [0.2, 0.25) is 0 Å². The van der Waals surface area contributed by atoms with Gasteiger partial charge in [0.15, 0.2) is 11.5 Å².